The van der Waals surface area contributed by atoms with E-state index in [0.29, 0.717) is 13.2 Å². The second-order valence-electron chi connectivity index (χ2n) is 5.86. The van der Waals surface area contributed by atoms with Crippen LogP contribution in [0.3, 0.4) is 0 Å². The van der Waals surface area contributed by atoms with Crippen molar-refractivity contribution in [3.63, 3.8) is 0 Å². The second kappa shape index (κ2) is 6.46. The van der Waals surface area contributed by atoms with Gasteiger partial charge in [-0.05, 0) is 51.3 Å². The highest BCUT2D eigenvalue weighted by molar-refractivity contribution is 5.41. The van der Waals surface area contributed by atoms with Crippen LogP contribution in [0.4, 0.5) is 0 Å². The van der Waals surface area contributed by atoms with E-state index in [9.17, 15) is 0 Å². The van der Waals surface area contributed by atoms with Gasteiger partial charge in [0.05, 0.1) is 18.8 Å². The third-order valence-electron chi connectivity index (χ3n) is 3.67. The maximum Gasteiger partial charge on any atom is 0.126 e. The van der Waals surface area contributed by atoms with Gasteiger partial charge in [0.25, 0.3) is 0 Å². The minimum absolute atomic E-state index is 0.0253. The molecule has 2 N–H and O–H groups in total. The van der Waals surface area contributed by atoms with Crippen LogP contribution in [0.5, 0.6) is 11.5 Å². The summed E-state index contributed by atoms with van der Waals surface area (Å²) in [6.07, 6.45) is 3.09. The lowest BCUT2D eigenvalue weighted by molar-refractivity contribution is -0.0327. The van der Waals surface area contributed by atoms with Crippen molar-refractivity contribution in [2.24, 2.45) is 5.73 Å². The Balaban J connectivity index is 2.00. The predicted octanol–water partition coefficient (Wildman–Crippen LogP) is 2.53. The van der Waals surface area contributed by atoms with Gasteiger partial charge in [-0.2, -0.15) is 0 Å². The zero-order chi connectivity index (χ0) is 14.6. The topological polar surface area (TPSA) is 53.7 Å². The molecule has 1 aromatic rings. The summed E-state index contributed by atoms with van der Waals surface area (Å²) < 4.78 is 17.1. The molecule has 0 bridgehead atoms. The van der Waals surface area contributed by atoms with E-state index in [0.717, 1.165) is 36.3 Å². The standard InChI is InChI=1S/C16H25NO3/c1-16(2)8-6-14(20-16)11-19-15-10-13(18-3)5-4-12(15)7-9-17/h4-5,10,14H,6-9,11,17H2,1-3H3. The van der Waals surface area contributed by atoms with E-state index in [1.165, 1.54) is 0 Å². The van der Waals surface area contributed by atoms with Gasteiger partial charge in [0.2, 0.25) is 0 Å². The van der Waals surface area contributed by atoms with E-state index in [4.69, 9.17) is 19.9 Å². The van der Waals surface area contributed by atoms with Crippen LogP contribution in [0.25, 0.3) is 0 Å². The first-order valence-electron chi connectivity index (χ1n) is 7.21. The number of nitrogens with two attached hydrogens (primary N) is 1. The maximum absolute atomic E-state index is 5.95. The Kier molecular flexibility index (Phi) is 4.89. The van der Waals surface area contributed by atoms with Gasteiger partial charge in [0, 0.05) is 6.07 Å². The maximum atomic E-state index is 5.95. The van der Waals surface area contributed by atoms with Crippen LogP contribution in [0.2, 0.25) is 0 Å². The van der Waals surface area contributed by atoms with E-state index >= 15 is 0 Å². The molecule has 1 heterocycles. The SMILES string of the molecule is COc1ccc(CCN)c(OCC2CCC(C)(C)O2)c1. The first-order chi connectivity index (χ1) is 9.54. The molecule has 0 spiro atoms. The molecule has 112 valence electrons. The molecule has 1 aliphatic rings. The largest absolute Gasteiger partial charge is 0.497 e. The molecule has 1 unspecified atom stereocenters. The van der Waals surface area contributed by atoms with Gasteiger partial charge in [-0.1, -0.05) is 6.07 Å². The molecule has 4 heteroatoms. The van der Waals surface area contributed by atoms with Crippen LogP contribution in [-0.4, -0.2) is 32.0 Å². The molecule has 20 heavy (non-hydrogen) atoms. The quantitative estimate of drug-likeness (QED) is 0.869. The lowest BCUT2D eigenvalue weighted by atomic mass is 10.1. The predicted molar refractivity (Wildman–Crippen MR) is 79.4 cm³/mol. The van der Waals surface area contributed by atoms with Crippen molar-refractivity contribution in [1.82, 2.24) is 0 Å². The van der Waals surface area contributed by atoms with E-state index in [2.05, 4.69) is 13.8 Å². The van der Waals surface area contributed by atoms with Crippen LogP contribution in [0.15, 0.2) is 18.2 Å². The van der Waals surface area contributed by atoms with Gasteiger partial charge < -0.3 is 19.9 Å². The first-order valence-corrected chi connectivity index (χ1v) is 7.21. The second-order valence-corrected chi connectivity index (χ2v) is 5.86. The molecular formula is C16H25NO3. The molecule has 0 amide bonds. The van der Waals surface area contributed by atoms with Gasteiger partial charge in [-0.15, -0.1) is 0 Å². The smallest absolute Gasteiger partial charge is 0.126 e. The van der Waals surface area contributed by atoms with Crippen LogP contribution in [0, 0.1) is 0 Å². The molecule has 1 aromatic carbocycles. The summed E-state index contributed by atoms with van der Waals surface area (Å²) in [5.74, 6) is 1.65. The molecule has 4 nitrogen and oxygen atoms in total. The Hall–Kier alpha value is -1.26. The summed E-state index contributed by atoms with van der Waals surface area (Å²) in [6, 6.07) is 5.87. The zero-order valence-electron chi connectivity index (χ0n) is 12.6. The van der Waals surface area contributed by atoms with Crippen molar-refractivity contribution in [2.75, 3.05) is 20.3 Å². The highest BCUT2D eigenvalue weighted by Crippen LogP contribution is 2.31. The van der Waals surface area contributed by atoms with Crippen molar-refractivity contribution in [3.05, 3.63) is 23.8 Å². The summed E-state index contributed by atoms with van der Waals surface area (Å²) in [4.78, 5) is 0. The van der Waals surface area contributed by atoms with Crippen molar-refractivity contribution >= 4 is 0 Å². The molecule has 1 fully saturated rings. The van der Waals surface area contributed by atoms with Crippen LogP contribution in [0.1, 0.15) is 32.3 Å². The molecular weight excluding hydrogens is 254 g/mol. The number of methoxy groups -OCH3 is 1. The summed E-state index contributed by atoms with van der Waals surface area (Å²) in [6.45, 7) is 5.43. The zero-order valence-corrected chi connectivity index (χ0v) is 12.6. The molecule has 2 rings (SSSR count). The van der Waals surface area contributed by atoms with Gasteiger partial charge in [0.1, 0.15) is 18.1 Å². The Morgan fingerprint density at radius 3 is 2.80 bits per heavy atom. The summed E-state index contributed by atoms with van der Waals surface area (Å²) in [5.41, 5.74) is 6.73. The van der Waals surface area contributed by atoms with Crippen LogP contribution in [-0.2, 0) is 11.2 Å². The Morgan fingerprint density at radius 2 is 2.20 bits per heavy atom. The fraction of sp³-hybridized carbons (Fsp3) is 0.625. The highest BCUT2D eigenvalue weighted by atomic mass is 16.6. The number of hydrogen-bond donors (Lipinski definition) is 1. The Bertz CT molecular complexity index is 445. The molecule has 1 aliphatic heterocycles. The Morgan fingerprint density at radius 1 is 1.40 bits per heavy atom. The van der Waals surface area contributed by atoms with E-state index in [1.807, 2.05) is 18.2 Å². The van der Waals surface area contributed by atoms with Crippen molar-refractivity contribution in [1.29, 1.82) is 0 Å². The third kappa shape index (κ3) is 3.87. The summed E-state index contributed by atoms with van der Waals surface area (Å²) >= 11 is 0. The van der Waals surface area contributed by atoms with E-state index in [-0.39, 0.29) is 11.7 Å². The molecule has 0 saturated carbocycles. The molecule has 0 aromatic heterocycles. The average Bonchev–Trinajstić information content (AvgIpc) is 2.77. The monoisotopic (exact) mass is 279 g/mol. The minimum Gasteiger partial charge on any atom is -0.497 e. The van der Waals surface area contributed by atoms with Gasteiger partial charge in [-0.3, -0.25) is 0 Å². The number of hydrogen-bond acceptors (Lipinski definition) is 4. The van der Waals surface area contributed by atoms with Gasteiger partial charge in [-0.25, -0.2) is 0 Å². The van der Waals surface area contributed by atoms with Gasteiger partial charge >= 0.3 is 0 Å². The summed E-state index contributed by atoms with van der Waals surface area (Å²) in [7, 11) is 1.66. The van der Waals surface area contributed by atoms with Crippen LogP contribution >= 0.6 is 0 Å². The van der Waals surface area contributed by atoms with Crippen molar-refractivity contribution in [2.45, 2.75) is 44.8 Å². The molecule has 0 aliphatic carbocycles. The first kappa shape index (κ1) is 15.1. The molecule has 0 radical (unpaired) electrons. The minimum atomic E-state index is -0.0253. The van der Waals surface area contributed by atoms with E-state index < -0.39 is 0 Å². The third-order valence-corrected chi connectivity index (χ3v) is 3.67. The lowest BCUT2D eigenvalue weighted by Crippen LogP contribution is -2.24. The average molecular weight is 279 g/mol. The number of benzene rings is 1. The number of rotatable bonds is 6. The Labute approximate surface area is 121 Å². The van der Waals surface area contributed by atoms with Crippen molar-refractivity contribution in [3.8, 4) is 11.5 Å². The lowest BCUT2D eigenvalue weighted by Gasteiger charge is -2.20. The van der Waals surface area contributed by atoms with Crippen molar-refractivity contribution < 1.29 is 14.2 Å². The highest BCUT2D eigenvalue weighted by Gasteiger charge is 2.32. The molecule has 1 saturated heterocycles. The van der Waals surface area contributed by atoms with Crippen LogP contribution < -0.4 is 15.2 Å². The fourth-order valence-electron chi connectivity index (χ4n) is 2.54. The molecule has 1 atom stereocenters. The van der Waals surface area contributed by atoms with E-state index in [1.54, 1.807) is 7.11 Å². The van der Waals surface area contributed by atoms with Gasteiger partial charge in [0.15, 0.2) is 0 Å². The fourth-order valence-corrected chi connectivity index (χ4v) is 2.54. The normalized spacial score (nSPS) is 20.9. The number of ether oxygens (including phenoxy) is 3. The summed E-state index contributed by atoms with van der Waals surface area (Å²) in [5, 5.41) is 0.